The molecule has 1 aromatic carbocycles. The fraction of sp³-hybridized carbons (Fsp3) is 0.585. The number of nitrogens with zero attached hydrogens (tertiary/aromatic N) is 2. The highest BCUT2D eigenvalue weighted by molar-refractivity contribution is 7.13. The third-order valence-corrected chi connectivity index (χ3v) is 15.1. The molecule has 7 rings (SSSR count). The number of hydrogen-bond acceptors (Lipinski definition) is 17. The Morgan fingerprint density at radius 2 is 1.41 bits per heavy atom. The Morgan fingerprint density at radius 1 is 0.786 bits per heavy atom. The van der Waals surface area contributed by atoms with Gasteiger partial charge in [0.1, 0.15) is 46.4 Å². The molecule has 0 spiro atoms. The molecule has 5 aliphatic rings. The van der Waals surface area contributed by atoms with Crippen LogP contribution < -0.4 is 4.74 Å². The smallest absolute Gasteiger partial charge is 0.200 e. The molecular formula is C53H70N2O14S. The highest BCUT2D eigenvalue weighted by atomic mass is 32.1. The van der Waals surface area contributed by atoms with Crippen LogP contribution in [0.2, 0.25) is 0 Å². The van der Waals surface area contributed by atoms with Crippen LogP contribution in [0.25, 0.3) is 11.3 Å². The van der Waals surface area contributed by atoms with Crippen molar-refractivity contribution in [1.29, 1.82) is 5.26 Å². The summed E-state index contributed by atoms with van der Waals surface area (Å²) in [4.78, 5) is 6.07. The van der Waals surface area contributed by atoms with Gasteiger partial charge < -0.3 is 68.9 Å². The lowest BCUT2D eigenvalue weighted by molar-refractivity contribution is -0.182. The Balaban J connectivity index is 0.881. The zero-order chi connectivity index (χ0) is 49.6. The van der Waals surface area contributed by atoms with E-state index in [9.17, 15) is 41.0 Å². The molecule has 7 N–H and O–H groups in total. The van der Waals surface area contributed by atoms with Gasteiger partial charge in [-0.2, -0.15) is 5.26 Å². The molecule has 382 valence electrons. The number of aromatic nitrogens is 1. The van der Waals surface area contributed by atoms with Crippen LogP contribution >= 0.6 is 11.3 Å². The lowest BCUT2D eigenvalue weighted by Crippen LogP contribution is -2.34. The fourth-order valence-corrected chi connectivity index (χ4v) is 10.7. The predicted octanol–water partition coefficient (Wildman–Crippen LogP) is 7.78. The van der Waals surface area contributed by atoms with Gasteiger partial charge in [-0.25, -0.2) is 4.98 Å². The van der Waals surface area contributed by atoms with E-state index in [1.165, 1.54) is 18.2 Å². The largest absolute Gasteiger partial charge is 0.508 e. The number of benzene rings is 1. The summed E-state index contributed by atoms with van der Waals surface area (Å²) in [6.45, 7) is 5.70. The lowest BCUT2D eigenvalue weighted by atomic mass is 9.81. The zero-order valence-corrected chi connectivity index (χ0v) is 40.7. The molecule has 70 heavy (non-hydrogen) atoms. The number of hydrogen-bond donors (Lipinski definition) is 7. The summed E-state index contributed by atoms with van der Waals surface area (Å²) < 4.78 is 40.9. The van der Waals surface area contributed by atoms with Crippen molar-refractivity contribution in [1.82, 2.24) is 4.98 Å². The molecule has 0 saturated heterocycles. The number of ether oxygens (including phenoxy) is 7. The Labute approximate surface area is 414 Å². The van der Waals surface area contributed by atoms with Gasteiger partial charge >= 0.3 is 0 Å². The number of aromatic hydroxyl groups is 1. The average Bonchev–Trinajstić information content (AvgIpc) is 3.85. The maximum absolute atomic E-state index is 11.5. The molecule has 1 heterocycles. The first-order chi connectivity index (χ1) is 33.9. The normalized spacial score (nSPS) is 26.5. The minimum absolute atomic E-state index is 0.00157. The Bertz CT molecular complexity index is 2180. The minimum atomic E-state index is -1.16. The van der Waals surface area contributed by atoms with E-state index in [0.717, 1.165) is 15.5 Å². The Hall–Kier alpha value is -4.58. The van der Waals surface area contributed by atoms with Crippen molar-refractivity contribution in [2.24, 2.45) is 29.6 Å². The molecule has 2 saturated carbocycles. The highest BCUT2D eigenvalue weighted by Gasteiger charge is 2.36. The number of phenolic OH excluding ortho intramolecular Hbond substituents is 1. The molecule has 0 bridgehead atoms. The molecule has 0 radical (unpaired) electrons. The number of phenols is 1. The second-order valence-electron chi connectivity index (χ2n) is 18.8. The molecule has 9 atom stereocenters. The Kier molecular flexibility index (Phi) is 19.9. The SMILES string of the molecule is C=CC(O)OCC(COC1=CC=C(OC(O)C2CCC(C(O)OC3=CCC(CCOC(O)C4CCC(C(O)Oc5ccc(O)cc5)CC4)c4sc(C5=CCC(C#N)C=C5)nc43)CC2)CC1)OC(O)CC. The van der Waals surface area contributed by atoms with Crippen LogP contribution in [0.5, 0.6) is 11.5 Å². The predicted molar refractivity (Wildman–Crippen MR) is 259 cm³/mol. The summed E-state index contributed by atoms with van der Waals surface area (Å²) >= 11 is 1.58. The first-order valence-electron chi connectivity index (χ1n) is 24.8. The molecule has 2 aromatic rings. The summed E-state index contributed by atoms with van der Waals surface area (Å²) in [5, 5.41) is 83.9. The molecule has 1 aromatic heterocycles. The van der Waals surface area contributed by atoms with Gasteiger partial charge in [0.2, 0.25) is 0 Å². The van der Waals surface area contributed by atoms with Crippen LogP contribution in [0.4, 0.5) is 0 Å². The average molecular weight is 991 g/mol. The van der Waals surface area contributed by atoms with E-state index >= 15 is 0 Å². The van der Waals surface area contributed by atoms with Crippen molar-refractivity contribution in [2.45, 2.75) is 147 Å². The van der Waals surface area contributed by atoms with Gasteiger partial charge in [0.25, 0.3) is 0 Å². The molecule has 0 aliphatic heterocycles. The number of fused-ring (bicyclic) bond motifs is 1. The lowest BCUT2D eigenvalue weighted by Gasteiger charge is -2.34. The number of rotatable bonds is 25. The number of allylic oxidation sites excluding steroid dienone is 9. The van der Waals surface area contributed by atoms with Crippen molar-refractivity contribution in [2.75, 3.05) is 19.8 Å². The third kappa shape index (κ3) is 15.0. The number of nitriles is 1. The van der Waals surface area contributed by atoms with Gasteiger partial charge in [-0.3, -0.25) is 0 Å². The Morgan fingerprint density at radius 3 is 2.01 bits per heavy atom. The molecule has 16 nitrogen and oxygen atoms in total. The topological polar surface area (TPSA) is 243 Å². The quantitative estimate of drug-likeness (QED) is 0.0371. The van der Waals surface area contributed by atoms with E-state index in [1.807, 2.05) is 24.3 Å². The van der Waals surface area contributed by atoms with Crippen molar-refractivity contribution in [3.63, 3.8) is 0 Å². The van der Waals surface area contributed by atoms with Crippen LogP contribution in [0.15, 0.2) is 84.9 Å². The van der Waals surface area contributed by atoms with Crippen molar-refractivity contribution in [3.8, 4) is 17.6 Å². The van der Waals surface area contributed by atoms with E-state index in [2.05, 4.69) is 12.6 Å². The van der Waals surface area contributed by atoms with Crippen LogP contribution in [0.1, 0.15) is 118 Å². The van der Waals surface area contributed by atoms with E-state index in [-0.39, 0.29) is 54.5 Å². The number of aliphatic hydroxyl groups excluding tert-OH is 6. The van der Waals surface area contributed by atoms with Gasteiger partial charge in [0, 0.05) is 52.9 Å². The number of thiazole rings is 1. The third-order valence-electron chi connectivity index (χ3n) is 13.9. The first kappa shape index (κ1) is 53.2. The fourth-order valence-electron chi connectivity index (χ4n) is 9.46. The maximum atomic E-state index is 11.5. The number of aliphatic hydroxyl groups is 6. The summed E-state index contributed by atoms with van der Waals surface area (Å²) in [6, 6.07) is 8.55. The van der Waals surface area contributed by atoms with Crippen molar-refractivity contribution in [3.05, 3.63) is 100 Å². The molecule has 0 amide bonds. The summed E-state index contributed by atoms with van der Waals surface area (Å²) in [5.74, 6) is 1.90. The van der Waals surface area contributed by atoms with Crippen LogP contribution in [-0.2, 0) is 28.4 Å². The minimum Gasteiger partial charge on any atom is -0.508 e. The maximum Gasteiger partial charge on any atom is 0.200 e. The summed E-state index contributed by atoms with van der Waals surface area (Å²) in [5.41, 5.74) is 1.62. The van der Waals surface area contributed by atoms with Gasteiger partial charge in [-0.1, -0.05) is 31.7 Å². The van der Waals surface area contributed by atoms with Crippen LogP contribution in [0, 0.1) is 40.9 Å². The molecule has 17 heteroatoms. The van der Waals surface area contributed by atoms with E-state index < -0.39 is 43.8 Å². The van der Waals surface area contributed by atoms with E-state index in [0.29, 0.717) is 125 Å². The van der Waals surface area contributed by atoms with Gasteiger partial charge in [0.15, 0.2) is 37.7 Å². The zero-order valence-electron chi connectivity index (χ0n) is 39.9. The molecule has 5 aliphatic carbocycles. The molecule has 2 fully saturated rings. The van der Waals surface area contributed by atoms with Gasteiger partial charge in [0.05, 0.1) is 31.0 Å². The van der Waals surface area contributed by atoms with Gasteiger partial charge in [-0.15, -0.1) is 11.3 Å². The van der Waals surface area contributed by atoms with E-state index in [1.54, 1.807) is 42.5 Å². The van der Waals surface area contributed by atoms with Crippen molar-refractivity contribution >= 4 is 22.7 Å². The van der Waals surface area contributed by atoms with Crippen LogP contribution in [0.3, 0.4) is 0 Å². The second-order valence-corrected chi connectivity index (χ2v) is 19.8. The molecule has 9 unspecified atom stereocenters. The van der Waals surface area contributed by atoms with Crippen LogP contribution in [-0.4, -0.2) is 104 Å². The second kappa shape index (κ2) is 26.2. The standard InChI is InChI=1S/C53H70N2O14S/c1-3-45(57)65-31-43(66-46(58)4-2)30-64-40-22-24-42(25-23-40)68-52(61)37-13-15-38(16-14-37)53(62)69-44-26-17-33(48-47(44)55-49(70-48)34-7-5-32(29-54)6-8-34)27-28-63-50(59)35-9-11-36(12-10-35)51(60)67-41-20-18-39(56)19-21-41/h3,5,7-8,18-22,24,26,32-33,35-38,43,45-46,50-53,56-62H,1,4,6,9-17,23,25,27-28,30-31H2,2H3. The monoisotopic (exact) mass is 990 g/mol. The first-order valence-corrected chi connectivity index (χ1v) is 25.6. The highest BCUT2D eigenvalue weighted by Crippen LogP contribution is 2.45. The summed E-state index contributed by atoms with van der Waals surface area (Å²) in [7, 11) is 0. The summed E-state index contributed by atoms with van der Waals surface area (Å²) in [6.07, 6.45) is 14.5. The van der Waals surface area contributed by atoms with Gasteiger partial charge in [-0.05, 0) is 126 Å². The van der Waals surface area contributed by atoms with Crippen molar-refractivity contribution < 1.29 is 68.9 Å². The van der Waals surface area contributed by atoms with E-state index in [4.69, 9.17) is 38.1 Å². The molecular weight excluding hydrogens is 921 g/mol.